The third-order valence-corrected chi connectivity index (χ3v) is 22.7. The smallest absolute Gasteiger partial charge is 0.231 e. The number of benzene rings is 2. The van der Waals surface area contributed by atoms with E-state index >= 15 is 0 Å². The molecule has 8 aliphatic rings. The van der Waals surface area contributed by atoms with Crippen LogP contribution >= 0.6 is 0 Å². The van der Waals surface area contributed by atoms with Gasteiger partial charge < -0.3 is 24.1 Å². The molecule has 0 amide bonds. The molecule has 0 aromatic heterocycles. The first-order chi connectivity index (χ1) is 25.3. The molecule has 0 saturated carbocycles. The maximum Gasteiger partial charge on any atom is 0.231 e. The van der Waals surface area contributed by atoms with Crippen molar-refractivity contribution in [2.45, 2.75) is 69.4 Å². The first kappa shape index (κ1) is 36.9. The summed E-state index contributed by atoms with van der Waals surface area (Å²) < 4.78 is 22.1. The summed E-state index contributed by atoms with van der Waals surface area (Å²) >= 11 is 9.21. The number of carbonyl (C=O) groups is 2. The molecular formula is C35H36N2O7S8. The van der Waals surface area contributed by atoms with Gasteiger partial charge in [0, 0.05) is 107 Å². The number of hydrogen-bond acceptors (Lipinski definition) is 11. The molecule has 17 heteroatoms. The molecule has 0 radical (unpaired) electrons. The minimum absolute atomic E-state index is 0.0473. The van der Waals surface area contributed by atoms with Crippen LogP contribution < -0.4 is 18.9 Å². The van der Waals surface area contributed by atoms with Crippen LogP contribution in [0.1, 0.15) is 67.7 Å². The molecule has 6 heterocycles. The van der Waals surface area contributed by atoms with E-state index in [0.29, 0.717) is 31.2 Å². The van der Waals surface area contributed by atoms with Crippen LogP contribution in [0.15, 0.2) is 35.6 Å². The van der Waals surface area contributed by atoms with Crippen LogP contribution in [-0.2, 0) is 98.1 Å². The Balaban J connectivity index is 0.000000124. The van der Waals surface area contributed by atoms with Gasteiger partial charge in [-0.1, -0.05) is 0 Å². The summed E-state index contributed by atoms with van der Waals surface area (Å²) in [5.41, 5.74) is 7.29. The second-order valence-electron chi connectivity index (χ2n) is 13.8. The summed E-state index contributed by atoms with van der Waals surface area (Å²) in [5.74, 6) is 3.27. The van der Waals surface area contributed by atoms with Gasteiger partial charge in [0.05, 0.1) is 11.1 Å². The molecule has 10 rings (SSSR count). The molecule has 2 spiro atoms. The number of ether oxygens (including phenoxy) is 4. The summed E-state index contributed by atoms with van der Waals surface area (Å²) in [6.45, 7) is 6.57. The van der Waals surface area contributed by atoms with Crippen molar-refractivity contribution in [3.05, 3.63) is 57.9 Å². The van der Waals surface area contributed by atoms with Crippen LogP contribution in [0.25, 0.3) is 11.1 Å². The molecule has 276 valence electrons. The molecule has 0 unspecified atom stereocenters. The summed E-state index contributed by atoms with van der Waals surface area (Å²) in [7, 11) is 9.12. The van der Waals surface area contributed by atoms with Crippen LogP contribution in [0.2, 0.25) is 0 Å². The lowest BCUT2D eigenvalue weighted by atomic mass is 9.83. The fourth-order valence-corrected chi connectivity index (χ4v) is 20.5. The highest BCUT2D eigenvalue weighted by Crippen LogP contribution is 2.55. The van der Waals surface area contributed by atoms with Gasteiger partial charge in [-0.2, -0.15) is 0 Å². The Morgan fingerprint density at radius 3 is 1.63 bits per heavy atom. The number of allylic oxidation sites excluding steroid dienone is 2. The van der Waals surface area contributed by atoms with Crippen LogP contribution in [0.3, 0.4) is 0 Å². The average Bonchev–Trinajstić information content (AvgIpc) is 3.99. The van der Waals surface area contributed by atoms with Gasteiger partial charge in [0.15, 0.2) is 40.3 Å². The molecule has 9 nitrogen and oxygen atoms in total. The highest BCUT2D eigenvalue weighted by Gasteiger charge is 2.54. The predicted octanol–water partition coefficient (Wildman–Crippen LogP) is 4.58. The largest absolute Gasteiger partial charge is 0.504 e. The molecule has 0 bridgehead atoms. The van der Waals surface area contributed by atoms with Gasteiger partial charge >= 0.3 is 0 Å². The fraction of sp³-hybridized carbons (Fsp3) is 0.486. The predicted molar refractivity (Wildman–Crippen MR) is 220 cm³/mol. The second-order valence-corrected chi connectivity index (χ2v) is 24.4. The molecule has 2 fully saturated rings. The Morgan fingerprint density at radius 1 is 0.654 bits per heavy atom. The molecule has 1 N–H and O–H groups in total. The van der Waals surface area contributed by atoms with Gasteiger partial charge in [-0.15, -0.1) is 0 Å². The Hall–Kier alpha value is -2.06. The highest BCUT2D eigenvalue weighted by atomic mass is 33.4. The number of nitrogens with zero attached hydrogens (tertiary/aromatic N) is 2. The van der Waals surface area contributed by atoms with E-state index in [1.165, 1.54) is 40.9 Å². The Labute approximate surface area is 329 Å². The first-order valence-electron chi connectivity index (χ1n) is 17.1. The second kappa shape index (κ2) is 15.2. The lowest BCUT2D eigenvalue weighted by molar-refractivity contribution is -0.118. The van der Waals surface area contributed by atoms with E-state index in [-0.39, 0.29) is 29.4 Å². The van der Waals surface area contributed by atoms with Crippen molar-refractivity contribution in [3.8, 4) is 23.0 Å². The number of carbonyl (C=O) groups excluding carboxylic acids is 2. The topological polar surface area (TPSA) is 97.8 Å². The fourth-order valence-electron chi connectivity index (χ4n) is 9.49. The van der Waals surface area contributed by atoms with Gasteiger partial charge in [0.1, 0.15) is 0 Å². The van der Waals surface area contributed by atoms with Gasteiger partial charge in [-0.25, -0.2) is 0 Å². The molecule has 52 heavy (non-hydrogen) atoms. The summed E-state index contributed by atoms with van der Waals surface area (Å²) in [6.07, 6.45) is 7.26. The molecule has 2 aromatic carbocycles. The minimum Gasteiger partial charge on any atom is -0.504 e. The molecule has 2 aromatic rings. The molecule has 2 aliphatic carbocycles. The summed E-state index contributed by atoms with van der Waals surface area (Å²) in [4.78, 5) is 29.7. The van der Waals surface area contributed by atoms with Crippen molar-refractivity contribution in [3.63, 3.8) is 0 Å². The number of aliphatic hydroxyl groups is 1. The third kappa shape index (κ3) is 6.35. The zero-order valence-electron chi connectivity index (χ0n) is 28.3. The number of rotatable bonds is 0. The quantitative estimate of drug-likeness (QED) is 0.404. The Morgan fingerprint density at radius 2 is 1.12 bits per heavy atom. The Kier molecular flexibility index (Phi) is 10.8. The molecule has 6 aliphatic heterocycles. The third-order valence-electron chi connectivity index (χ3n) is 11.6. The van der Waals surface area contributed by atoms with Gasteiger partial charge in [0.2, 0.25) is 13.6 Å². The molecular weight excluding hydrogens is 817 g/mol. The van der Waals surface area contributed by atoms with Crippen molar-refractivity contribution >= 4 is 98.4 Å². The van der Waals surface area contributed by atoms with Crippen molar-refractivity contribution in [1.29, 1.82) is 0 Å². The normalized spacial score (nSPS) is 25.9. The van der Waals surface area contributed by atoms with Crippen molar-refractivity contribution in [2.75, 3.05) is 39.8 Å². The van der Waals surface area contributed by atoms with Crippen LogP contribution in [0.5, 0.6) is 23.0 Å². The number of hydrogen-bond donors (Lipinski definition) is 1. The van der Waals surface area contributed by atoms with Gasteiger partial charge in [0.25, 0.3) is 0 Å². The zero-order valence-corrected chi connectivity index (χ0v) is 34.8. The van der Waals surface area contributed by atoms with E-state index < -0.39 is 0 Å². The number of Topliss-reactive ketones (excluding diaryl/α,β-unsaturated/α-hetero) is 2. The van der Waals surface area contributed by atoms with Crippen molar-refractivity contribution in [1.82, 2.24) is 9.80 Å². The number of fused-ring (bicyclic) bond motifs is 6. The van der Waals surface area contributed by atoms with Crippen molar-refractivity contribution in [2.24, 2.45) is 0 Å². The van der Waals surface area contributed by atoms with E-state index in [1.54, 1.807) is 35.5 Å². The van der Waals surface area contributed by atoms with Gasteiger partial charge in [-0.05, 0) is 116 Å². The summed E-state index contributed by atoms with van der Waals surface area (Å²) in [6, 6.07) is 8.19. The van der Waals surface area contributed by atoms with Crippen LogP contribution in [0, 0.1) is 0 Å². The van der Waals surface area contributed by atoms with E-state index in [9.17, 15) is 14.7 Å². The number of aliphatic hydroxyl groups excluding tert-OH is 1. The molecule has 2 atom stereocenters. The Bertz CT molecular complexity index is 2090. The monoisotopic (exact) mass is 852 g/mol. The summed E-state index contributed by atoms with van der Waals surface area (Å²) in [5, 5.41) is 10.5. The first-order valence-corrected chi connectivity index (χ1v) is 26.5. The standard InChI is InChI=1S/C18H19NO3.C17H17NO4.S8/c1-11-14(20)9-18-4-2-5-19(18)6-3-12-7-15-16(22-10-21-15)8-13(12)17(11)18;19-12-8-17-3-1-4-18(17)5-2-10-6-13-14(22-9-21-13)7-11(10)15(17)16(12)20;1-3-5-7-8-6-4-2/h7-8H,2-6,9-10H2,1H3;6-7,20H,1-5,8-9H2;/t18-;17-;/m00./s1. The zero-order chi connectivity index (χ0) is 36.0. The number of ketones is 2. The maximum absolute atomic E-state index is 12.5. The van der Waals surface area contributed by atoms with Gasteiger partial charge in [-0.3, -0.25) is 19.4 Å². The highest BCUT2D eigenvalue weighted by molar-refractivity contribution is 8.70. The van der Waals surface area contributed by atoms with E-state index in [2.05, 4.69) is 44.3 Å². The van der Waals surface area contributed by atoms with E-state index in [1.807, 2.05) is 19.1 Å². The minimum atomic E-state index is -0.305. The van der Waals surface area contributed by atoms with Crippen molar-refractivity contribution < 1.29 is 33.6 Å². The lowest BCUT2D eigenvalue weighted by Gasteiger charge is -2.35. The van der Waals surface area contributed by atoms with E-state index in [0.717, 1.165) is 97.8 Å². The van der Waals surface area contributed by atoms with Crippen LogP contribution in [0.4, 0.5) is 0 Å². The SMILES string of the molecule is CC1=C2c3cc4c(cc3CCN3CCC[C@]23CC1=O)OCO4.O=C1C[C@]23CCCN2CCc2cc4c(cc2C3=C1O)OCO4.S=S=S=S=S=S=S=S. The average molecular weight is 853 g/mol. The van der Waals surface area contributed by atoms with E-state index in [4.69, 9.17) is 18.9 Å². The maximum atomic E-state index is 12.5. The van der Waals surface area contributed by atoms with Crippen LogP contribution in [-0.4, -0.2) is 77.3 Å². The lowest BCUT2D eigenvalue weighted by Crippen LogP contribution is -2.43. The molecule has 2 saturated heterocycles.